The van der Waals surface area contributed by atoms with Crippen LogP contribution in [-0.4, -0.2) is 29.7 Å². The van der Waals surface area contributed by atoms with Gasteiger partial charge in [-0.1, -0.05) is 11.6 Å². The molecule has 10 heteroatoms. The van der Waals surface area contributed by atoms with Gasteiger partial charge in [0.25, 0.3) is 0 Å². The van der Waals surface area contributed by atoms with Gasteiger partial charge in [0.05, 0.1) is 4.92 Å². The van der Waals surface area contributed by atoms with Crippen molar-refractivity contribution in [3.8, 4) is 11.9 Å². The Kier molecular flexibility index (Phi) is 2.83. The van der Waals surface area contributed by atoms with Crippen molar-refractivity contribution in [2.24, 2.45) is 7.05 Å². The summed E-state index contributed by atoms with van der Waals surface area (Å²) in [4.78, 5) is 20.9. The molecule has 2 aromatic rings. The molecule has 2 rings (SSSR count). The molecule has 0 aliphatic carbocycles. The molecule has 0 radical (unpaired) electrons. The molecule has 0 amide bonds. The lowest BCUT2D eigenvalue weighted by molar-refractivity contribution is -0.386. The second-order valence-electron chi connectivity index (χ2n) is 2.88. The fraction of sp³-hybridized carbons (Fsp3) is 0.143. The number of aryl methyl sites for hydroxylation is 1. The standard InChI is InChI=1S/C7H5ClN6O3/c1-13-3-11-7(12-13)17-6-4(14(15)16)5(8)9-2-10-6/h2-3H,1H3. The van der Waals surface area contributed by atoms with Gasteiger partial charge in [-0.25, -0.2) is 4.98 Å². The zero-order chi connectivity index (χ0) is 12.4. The number of nitrogens with zero attached hydrogens (tertiary/aromatic N) is 6. The first-order valence-corrected chi connectivity index (χ1v) is 4.64. The average Bonchev–Trinajstić information content (AvgIpc) is 2.63. The van der Waals surface area contributed by atoms with Crippen molar-refractivity contribution >= 4 is 17.3 Å². The number of aromatic nitrogens is 5. The van der Waals surface area contributed by atoms with Gasteiger partial charge in [0.1, 0.15) is 12.7 Å². The normalized spacial score (nSPS) is 10.2. The summed E-state index contributed by atoms with van der Waals surface area (Å²) < 4.78 is 6.43. The molecule has 0 bridgehead atoms. The highest BCUT2D eigenvalue weighted by molar-refractivity contribution is 6.31. The van der Waals surface area contributed by atoms with Crippen molar-refractivity contribution in [1.82, 2.24) is 24.7 Å². The number of nitro groups is 1. The van der Waals surface area contributed by atoms with Crippen molar-refractivity contribution in [3.63, 3.8) is 0 Å². The topological polar surface area (TPSA) is 109 Å². The van der Waals surface area contributed by atoms with Gasteiger partial charge in [0.2, 0.25) is 5.15 Å². The Morgan fingerprint density at radius 3 is 2.82 bits per heavy atom. The van der Waals surface area contributed by atoms with Gasteiger partial charge in [-0.15, -0.1) is 5.10 Å². The Bertz CT molecular complexity index is 570. The van der Waals surface area contributed by atoms with E-state index in [0.717, 1.165) is 6.33 Å². The van der Waals surface area contributed by atoms with Crippen molar-refractivity contribution in [1.29, 1.82) is 0 Å². The van der Waals surface area contributed by atoms with Gasteiger partial charge in [0, 0.05) is 7.05 Å². The van der Waals surface area contributed by atoms with Crippen molar-refractivity contribution in [2.45, 2.75) is 0 Å². The molecule has 2 aromatic heterocycles. The van der Waals surface area contributed by atoms with E-state index < -0.39 is 10.6 Å². The number of ether oxygens (including phenoxy) is 1. The minimum Gasteiger partial charge on any atom is -0.397 e. The van der Waals surface area contributed by atoms with E-state index >= 15 is 0 Å². The molecule has 0 N–H and O–H groups in total. The van der Waals surface area contributed by atoms with Crippen LogP contribution in [0.25, 0.3) is 0 Å². The average molecular weight is 257 g/mol. The number of hydrogen-bond acceptors (Lipinski definition) is 7. The highest BCUT2D eigenvalue weighted by atomic mass is 35.5. The third-order valence-electron chi connectivity index (χ3n) is 1.69. The van der Waals surface area contributed by atoms with Crippen LogP contribution in [0, 0.1) is 10.1 Å². The molecule has 2 heterocycles. The lowest BCUT2D eigenvalue weighted by Crippen LogP contribution is -1.99. The van der Waals surface area contributed by atoms with Crippen LogP contribution in [0.15, 0.2) is 12.7 Å². The van der Waals surface area contributed by atoms with Gasteiger partial charge >= 0.3 is 17.6 Å². The summed E-state index contributed by atoms with van der Waals surface area (Å²) in [5.41, 5.74) is -0.526. The third kappa shape index (κ3) is 2.28. The Morgan fingerprint density at radius 2 is 2.24 bits per heavy atom. The van der Waals surface area contributed by atoms with Crippen LogP contribution in [0.3, 0.4) is 0 Å². The molecule has 0 aromatic carbocycles. The van der Waals surface area contributed by atoms with Crippen LogP contribution in [-0.2, 0) is 7.05 Å². The van der Waals surface area contributed by atoms with Crippen LogP contribution >= 0.6 is 11.6 Å². The van der Waals surface area contributed by atoms with Crippen molar-refractivity contribution < 1.29 is 9.66 Å². The molecule has 0 unspecified atom stereocenters. The summed E-state index contributed by atoms with van der Waals surface area (Å²) in [6.07, 6.45) is 2.43. The van der Waals surface area contributed by atoms with Crippen LogP contribution in [0.2, 0.25) is 5.15 Å². The smallest absolute Gasteiger partial charge is 0.368 e. The Morgan fingerprint density at radius 1 is 1.47 bits per heavy atom. The van der Waals surface area contributed by atoms with E-state index in [2.05, 4.69) is 20.1 Å². The molecule has 0 saturated heterocycles. The van der Waals surface area contributed by atoms with E-state index in [9.17, 15) is 10.1 Å². The fourth-order valence-corrected chi connectivity index (χ4v) is 1.22. The summed E-state index contributed by atoms with van der Waals surface area (Å²) in [5, 5.41) is 14.2. The van der Waals surface area contributed by atoms with E-state index in [1.807, 2.05) is 0 Å². The van der Waals surface area contributed by atoms with Crippen LogP contribution in [0.4, 0.5) is 5.69 Å². The van der Waals surface area contributed by atoms with Crippen molar-refractivity contribution in [3.05, 3.63) is 27.9 Å². The van der Waals surface area contributed by atoms with E-state index in [1.165, 1.54) is 11.0 Å². The maximum Gasteiger partial charge on any atom is 0.368 e. The summed E-state index contributed by atoms with van der Waals surface area (Å²) >= 11 is 5.58. The molecular weight excluding hydrogens is 252 g/mol. The fourth-order valence-electron chi connectivity index (χ4n) is 1.02. The highest BCUT2D eigenvalue weighted by Gasteiger charge is 2.24. The van der Waals surface area contributed by atoms with Crippen LogP contribution in [0.1, 0.15) is 0 Å². The number of halogens is 1. The van der Waals surface area contributed by atoms with Gasteiger partial charge < -0.3 is 4.74 Å². The lowest BCUT2D eigenvalue weighted by atomic mass is 10.5. The molecule has 9 nitrogen and oxygen atoms in total. The monoisotopic (exact) mass is 256 g/mol. The molecule has 0 atom stereocenters. The zero-order valence-corrected chi connectivity index (χ0v) is 9.20. The molecular formula is C7H5ClN6O3. The second-order valence-corrected chi connectivity index (χ2v) is 3.24. The van der Waals surface area contributed by atoms with Crippen LogP contribution < -0.4 is 4.74 Å². The van der Waals surface area contributed by atoms with Crippen molar-refractivity contribution in [2.75, 3.05) is 0 Å². The van der Waals surface area contributed by atoms with Gasteiger partial charge in [-0.3, -0.25) is 14.8 Å². The first-order valence-electron chi connectivity index (χ1n) is 4.26. The van der Waals surface area contributed by atoms with Gasteiger partial charge in [0.15, 0.2) is 0 Å². The summed E-state index contributed by atoms with van der Waals surface area (Å²) in [6, 6.07) is -0.0645. The minimum absolute atomic E-state index is 0.0645. The Labute approximate surface area is 99.2 Å². The second kappa shape index (κ2) is 4.29. The molecule has 88 valence electrons. The number of rotatable bonds is 3. The van der Waals surface area contributed by atoms with E-state index in [1.54, 1.807) is 7.05 Å². The molecule has 17 heavy (non-hydrogen) atoms. The largest absolute Gasteiger partial charge is 0.397 e. The summed E-state index contributed by atoms with van der Waals surface area (Å²) in [5.74, 6) is -0.304. The predicted octanol–water partition coefficient (Wildman–Crippen LogP) is 0.959. The highest BCUT2D eigenvalue weighted by Crippen LogP contribution is 2.32. The lowest BCUT2D eigenvalue weighted by Gasteiger charge is -2.00. The molecule has 0 spiro atoms. The molecule has 0 saturated carbocycles. The van der Waals surface area contributed by atoms with Gasteiger partial charge in [-0.05, 0) is 0 Å². The first-order chi connectivity index (χ1) is 8.08. The minimum atomic E-state index is -0.736. The van der Waals surface area contributed by atoms with Crippen LogP contribution in [0.5, 0.6) is 11.9 Å². The first kappa shape index (κ1) is 11.2. The number of hydrogen-bond donors (Lipinski definition) is 0. The summed E-state index contributed by atoms with van der Waals surface area (Å²) in [6.45, 7) is 0. The molecule has 0 aliphatic rings. The predicted molar refractivity (Wildman–Crippen MR) is 54.8 cm³/mol. The Hall–Kier alpha value is -2.29. The Balaban J connectivity index is 2.39. The third-order valence-corrected chi connectivity index (χ3v) is 1.97. The molecule has 0 aliphatic heterocycles. The quantitative estimate of drug-likeness (QED) is 0.457. The SMILES string of the molecule is Cn1cnc(Oc2ncnc(Cl)c2[N+](=O)[O-])n1. The zero-order valence-electron chi connectivity index (χ0n) is 8.44. The summed E-state index contributed by atoms with van der Waals surface area (Å²) in [7, 11) is 1.63. The van der Waals surface area contributed by atoms with Gasteiger partial charge in [-0.2, -0.15) is 9.97 Å². The maximum absolute atomic E-state index is 10.8. The van der Waals surface area contributed by atoms with E-state index in [-0.39, 0.29) is 17.0 Å². The van der Waals surface area contributed by atoms with E-state index in [4.69, 9.17) is 16.3 Å². The maximum atomic E-state index is 10.8. The van der Waals surface area contributed by atoms with E-state index in [0.29, 0.717) is 0 Å². The molecule has 0 fully saturated rings.